The third-order valence-corrected chi connectivity index (χ3v) is 6.12. The monoisotopic (exact) mass is 405 g/mol. The highest BCUT2D eigenvalue weighted by atomic mass is 32.2. The molecule has 1 aliphatic rings. The van der Waals surface area contributed by atoms with Gasteiger partial charge in [-0.1, -0.05) is 36.4 Å². The Labute approximate surface area is 174 Å². The van der Waals surface area contributed by atoms with Crippen LogP contribution in [0.4, 0.5) is 5.69 Å². The third-order valence-electron chi connectivity index (χ3n) is 5.11. The number of amidine groups is 1. The summed E-state index contributed by atoms with van der Waals surface area (Å²) in [5, 5.41) is 1.83. The highest BCUT2D eigenvalue weighted by Crippen LogP contribution is 2.36. The van der Waals surface area contributed by atoms with Gasteiger partial charge in [0.1, 0.15) is 0 Å². The van der Waals surface area contributed by atoms with Gasteiger partial charge in [0.25, 0.3) is 5.91 Å². The SMILES string of the molecule is COCCN1C(=O)C(=Cc2c(C)n(C)c3ccccc23)SC1=Nc1ccccc1. The number of methoxy groups -OCH3 is 1. The Morgan fingerprint density at radius 1 is 1.10 bits per heavy atom. The number of hydrogen-bond donors (Lipinski definition) is 0. The molecule has 1 amide bonds. The molecule has 29 heavy (non-hydrogen) atoms. The van der Waals surface area contributed by atoms with Crippen molar-refractivity contribution in [3.63, 3.8) is 0 Å². The largest absolute Gasteiger partial charge is 0.383 e. The van der Waals surface area contributed by atoms with Crippen molar-refractivity contribution in [2.24, 2.45) is 12.0 Å². The second-order valence-electron chi connectivity index (χ2n) is 6.87. The lowest BCUT2D eigenvalue weighted by atomic mass is 10.1. The van der Waals surface area contributed by atoms with Crippen LogP contribution in [0.5, 0.6) is 0 Å². The quantitative estimate of drug-likeness (QED) is 0.576. The molecule has 0 aliphatic carbocycles. The maximum Gasteiger partial charge on any atom is 0.266 e. The van der Waals surface area contributed by atoms with Gasteiger partial charge in [-0.3, -0.25) is 9.69 Å². The Balaban J connectivity index is 1.76. The van der Waals surface area contributed by atoms with Crippen LogP contribution in [0.1, 0.15) is 11.3 Å². The van der Waals surface area contributed by atoms with Crippen LogP contribution in [0.25, 0.3) is 17.0 Å². The van der Waals surface area contributed by atoms with Gasteiger partial charge in [-0.2, -0.15) is 0 Å². The number of ether oxygens (including phenoxy) is 1. The van der Waals surface area contributed by atoms with Crippen LogP contribution in [0.15, 0.2) is 64.5 Å². The minimum absolute atomic E-state index is 0.0333. The summed E-state index contributed by atoms with van der Waals surface area (Å²) >= 11 is 1.42. The molecular weight excluding hydrogens is 382 g/mol. The molecule has 0 N–H and O–H groups in total. The van der Waals surface area contributed by atoms with E-state index < -0.39 is 0 Å². The summed E-state index contributed by atoms with van der Waals surface area (Å²) in [6, 6.07) is 18.0. The van der Waals surface area contributed by atoms with Gasteiger partial charge in [0.2, 0.25) is 0 Å². The van der Waals surface area contributed by atoms with Gasteiger partial charge in [0.15, 0.2) is 5.17 Å². The van der Waals surface area contributed by atoms with E-state index >= 15 is 0 Å². The number of carbonyl (C=O) groups is 1. The van der Waals surface area contributed by atoms with Crippen molar-refractivity contribution >= 4 is 45.5 Å². The lowest BCUT2D eigenvalue weighted by Crippen LogP contribution is -2.32. The average Bonchev–Trinajstić information content (AvgIpc) is 3.16. The zero-order valence-electron chi connectivity index (χ0n) is 16.8. The summed E-state index contributed by atoms with van der Waals surface area (Å²) in [5.74, 6) is -0.0333. The molecule has 3 aromatic rings. The van der Waals surface area contributed by atoms with Crippen LogP contribution in [0.2, 0.25) is 0 Å². The first kappa shape index (κ1) is 19.5. The van der Waals surface area contributed by atoms with Crippen molar-refractivity contribution in [2.45, 2.75) is 6.92 Å². The van der Waals surface area contributed by atoms with Crippen molar-refractivity contribution in [3.8, 4) is 0 Å². The molecule has 4 rings (SSSR count). The van der Waals surface area contributed by atoms with Crippen molar-refractivity contribution in [3.05, 3.63) is 70.8 Å². The lowest BCUT2D eigenvalue weighted by Gasteiger charge is -2.14. The smallest absolute Gasteiger partial charge is 0.266 e. The fourth-order valence-corrected chi connectivity index (χ4v) is 4.45. The summed E-state index contributed by atoms with van der Waals surface area (Å²) in [5.41, 5.74) is 4.19. The first-order valence-electron chi connectivity index (χ1n) is 9.48. The Morgan fingerprint density at radius 3 is 2.59 bits per heavy atom. The number of benzene rings is 2. The predicted molar refractivity (Wildman–Crippen MR) is 120 cm³/mol. The number of nitrogens with zero attached hydrogens (tertiary/aromatic N) is 3. The van der Waals surface area contributed by atoms with Gasteiger partial charge < -0.3 is 9.30 Å². The summed E-state index contributed by atoms with van der Waals surface area (Å²) in [7, 11) is 3.69. The summed E-state index contributed by atoms with van der Waals surface area (Å²) in [6.07, 6.45) is 2.00. The Kier molecular flexibility index (Phi) is 5.56. The van der Waals surface area contributed by atoms with Crippen molar-refractivity contribution in [1.29, 1.82) is 0 Å². The number of aryl methyl sites for hydroxylation is 1. The van der Waals surface area contributed by atoms with E-state index in [9.17, 15) is 4.79 Å². The molecule has 2 heterocycles. The maximum absolute atomic E-state index is 13.2. The molecule has 1 saturated heterocycles. The van der Waals surface area contributed by atoms with Crippen LogP contribution < -0.4 is 0 Å². The minimum Gasteiger partial charge on any atom is -0.383 e. The van der Waals surface area contributed by atoms with Crippen molar-refractivity contribution in [1.82, 2.24) is 9.47 Å². The second-order valence-corrected chi connectivity index (χ2v) is 7.87. The van der Waals surface area contributed by atoms with Crippen LogP contribution in [0.3, 0.4) is 0 Å². The van der Waals surface area contributed by atoms with E-state index in [0.717, 1.165) is 27.8 Å². The third kappa shape index (κ3) is 3.73. The highest BCUT2D eigenvalue weighted by molar-refractivity contribution is 8.18. The van der Waals surface area contributed by atoms with E-state index in [-0.39, 0.29) is 5.91 Å². The number of carbonyl (C=O) groups excluding carboxylic acids is 1. The number of para-hydroxylation sites is 2. The van der Waals surface area contributed by atoms with E-state index in [4.69, 9.17) is 9.73 Å². The molecule has 0 radical (unpaired) electrons. The molecular formula is C23H23N3O2S. The molecule has 2 aromatic carbocycles. The summed E-state index contributed by atoms with van der Waals surface area (Å²) < 4.78 is 7.36. The van der Waals surface area contributed by atoms with Crippen LogP contribution in [0, 0.1) is 6.92 Å². The summed E-state index contributed by atoms with van der Waals surface area (Å²) in [6.45, 7) is 3.01. The summed E-state index contributed by atoms with van der Waals surface area (Å²) in [4.78, 5) is 20.2. The molecule has 0 spiro atoms. The molecule has 6 heteroatoms. The number of aromatic nitrogens is 1. The molecule has 0 bridgehead atoms. The number of aliphatic imine (C=N–C) groups is 1. The number of amides is 1. The van der Waals surface area contributed by atoms with E-state index in [1.807, 2.05) is 48.5 Å². The maximum atomic E-state index is 13.2. The van der Waals surface area contributed by atoms with E-state index in [1.165, 1.54) is 11.8 Å². The lowest BCUT2D eigenvalue weighted by molar-refractivity contribution is -0.122. The van der Waals surface area contributed by atoms with Crippen molar-refractivity contribution in [2.75, 3.05) is 20.3 Å². The molecule has 1 aromatic heterocycles. The number of fused-ring (bicyclic) bond motifs is 1. The fraction of sp³-hybridized carbons (Fsp3) is 0.217. The highest BCUT2D eigenvalue weighted by Gasteiger charge is 2.33. The zero-order valence-corrected chi connectivity index (χ0v) is 17.6. The van der Waals surface area contributed by atoms with Gasteiger partial charge in [-0.25, -0.2) is 4.99 Å². The van der Waals surface area contributed by atoms with Gasteiger partial charge in [0, 0.05) is 36.3 Å². The van der Waals surface area contributed by atoms with Gasteiger partial charge in [0.05, 0.1) is 23.7 Å². The standard InChI is InChI=1S/C23H23N3O2S/c1-16-19(18-11-7-8-12-20(18)25(16)2)15-21-22(27)26(13-14-28-3)23(29-21)24-17-9-5-4-6-10-17/h4-12,15H,13-14H2,1-3H3. The first-order valence-corrected chi connectivity index (χ1v) is 10.3. The molecule has 5 nitrogen and oxygen atoms in total. The Morgan fingerprint density at radius 2 is 1.83 bits per heavy atom. The molecule has 0 saturated carbocycles. The topological polar surface area (TPSA) is 46.8 Å². The first-order chi connectivity index (χ1) is 14.1. The fourth-order valence-electron chi connectivity index (χ4n) is 3.45. The predicted octanol–water partition coefficient (Wildman–Crippen LogP) is 4.74. The second kappa shape index (κ2) is 8.27. The van der Waals surface area contributed by atoms with E-state index in [1.54, 1.807) is 12.0 Å². The minimum atomic E-state index is -0.0333. The van der Waals surface area contributed by atoms with Crippen LogP contribution >= 0.6 is 11.8 Å². The normalized spacial score (nSPS) is 17.2. The number of thioether (sulfide) groups is 1. The number of rotatable bonds is 5. The molecule has 1 fully saturated rings. The van der Waals surface area contributed by atoms with Crippen LogP contribution in [-0.2, 0) is 16.6 Å². The van der Waals surface area contributed by atoms with Crippen molar-refractivity contribution < 1.29 is 9.53 Å². The zero-order chi connectivity index (χ0) is 20.4. The average molecular weight is 406 g/mol. The molecule has 0 unspecified atom stereocenters. The number of hydrogen-bond acceptors (Lipinski definition) is 4. The van der Waals surface area contributed by atoms with Gasteiger partial charge in [-0.15, -0.1) is 0 Å². The Bertz CT molecular complexity index is 1120. The molecule has 1 aliphatic heterocycles. The van der Waals surface area contributed by atoms with E-state index in [0.29, 0.717) is 23.2 Å². The molecule has 0 atom stereocenters. The Hall–Kier alpha value is -2.83. The van der Waals surface area contributed by atoms with Crippen LogP contribution in [-0.4, -0.2) is 40.8 Å². The van der Waals surface area contributed by atoms with Gasteiger partial charge >= 0.3 is 0 Å². The van der Waals surface area contributed by atoms with E-state index in [2.05, 4.69) is 30.7 Å². The molecule has 148 valence electrons. The van der Waals surface area contributed by atoms with Gasteiger partial charge in [-0.05, 0) is 43.0 Å².